The number of carbonyl (C=O) groups excluding carboxylic acids is 1. The van der Waals surface area contributed by atoms with E-state index in [4.69, 9.17) is 0 Å². The van der Waals surface area contributed by atoms with Crippen molar-refractivity contribution in [2.24, 2.45) is 0 Å². The lowest BCUT2D eigenvalue weighted by molar-refractivity contribution is 0.112. The van der Waals surface area contributed by atoms with E-state index in [1.165, 1.54) is 12.2 Å². The lowest BCUT2D eigenvalue weighted by atomic mass is 10.2. The molecule has 0 N–H and O–H groups in total. The van der Waals surface area contributed by atoms with Crippen molar-refractivity contribution in [3.05, 3.63) is 18.0 Å². The van der Waals surface area contributed by atoms with Gasteiger partial charge in [-0.25, -0.2) is 9.97 Å². The molecule has 0 amide bonds. The fraction of sp³-hybridized carbons (Fsp3) is 0.500. The third kappa shape index (κ3) is 2.28. The first kappa shape index (κ1) is 10.4. The second-order valence-corrected chi connectivity index (χ2v) is 4.71. The molecule has 0 saturated carbocycles. The van der Waals surface area contributed by atoms with Crippen LogP contribution in [-0.4, -0.2) is 40.8 Å². The van der Waals surface area contributed by atoms with Crippen LogP contribution in [0.1, 0.15) is 16.8 Å². The molecule has 0 radical (unpaired) electrons. The van der Waals surface area contributed by atoms with Gasteiger partial charge in [-0.15, -0.1) is 0 Å². The summed E-state index contributed by atoms with van der Waals surface area (Å²) in [5.41, 5.74) is 0.521. The summed E-state index contributed by atoms with van der Waals surface area (Å²) in [6.45, 7) is 0. The zero-order valence-corrected chi connectivity index (χ0v) is 9.41. The molecule has 4 nitrogen and oxygen atoms in total. The molecule has 0 aliphatic carbocycles. The van der Waals surface area contributed by atoms with E-state index in [0.29, 0.717) is 17.6 Å². The van der Waals surface area contributed by atoms with Gasteiger partial charge in [-0.3, -0.25) is 4.79 Å². The molecule has 0 spiro atoms. The highest BCUT2D eigenvalue weighted by atomic mass is 32.2. The van der Waals surface area contributed by atoms with Crippen molar-refractivity contribution in [2.45, 2.75) is 12.5 Å². The maximum Gasteiger partial charge on any atom is 0.225 e. The minimum atomic E-state index is 0.521. The Balaban J connectivity index is 2.10. The standard InChI is InChI=1S/C10H13N3OS/c1-13(9-2-3-15-7-9)10-11-4-8(6-14)5-12-10/h4-6,9H,2-3,7H2,1H3. The van der Waals surface area contributed by atoms with Crippen LogP contribution >= 0.6 is 11.8 Å². The Labute approximate surface area is 93.1 Å². The molecule has 1 aromatic rings. The van der Waals surface area contributed by atoms with Crippen LogP contribution in [0, 0.1) is 0 Å². The van der Waals surface area contributed by atoms with Gasteiger partial charge in [-0.05, 0) is 12.2 Å². The van der Waals surface area contributed by atoms with Crippen molar-refractivity contribution < 1.29 is 4.79 Å². The summed E-state index contributed by atoms with van der Waals surface area (Å²) in [4.78, 5) is 20.9. The first-order chi connectivity index (χ1) is 7.31. The molecule has 1 unspecified atom stereocenters. The van der Waals surface area contributed by atoms with Gasteiger partial charge >= 0.3 is 0 Å². The van der Waals surface area contributed by atoms with Gasteiger partial charge in [0.2, 0.25) is 5.95 Å². The topological polar surface area (TPSA) is 46.1 Å². The van der Waals surface area contributed by atoms with Gasteiger partial charge in [0.05, 0.1) is 5.56 Å². The SMILES string of the molecule is CN(c1ncc(C=O)cn1)C1CCSC1. The predicted octanol–water partition coefficient (Wildman–Crippen LogP) is 1.23. The molecular weight excluding hydrogens is 210 g/mol. The first-order valence-electron chi connectivity index (χ1n) is 4.89. The van der Waals surface area contributed by atoms with E-state index >= 15 is 0 Å². The average molecular weight is 223 g/mol. The molecule has 1 fully saturated rings. The lowest BCUT2D eigenvalue weighted by Gasteiger charge is -2.23. The highest BCUT2D eigenvalue weighted by molar-refractivity contribution is 7.99. The third-order valence-electron chi connectivity index (χ3n) is 2.56. The smallest absolute Gasteiger partial charge is 0.225 e. The van der Waals surface area contributed by atoms with Crippen molar-refractivity contribution in [3.8, 4) is 0 Å². The third-order valence-corrected chi connectivity index (χ3v) is 3.71. The second-order valence-electron chi connectivity index (χ2n) is 3.56. The Bertz CT molecular complexity index is 335. The number of thioether (sulfide) groups is 1. The second kappa shape index (κ2) is 4.61. The molecule has 5 heteroatoms. The summed E-state index contributed by atoms with van der Waals surface area (Å²) < 4.78 is 0. The Morgan fingerprint density at radius 2 is 2.27 bits per heavy atom. The molecule has 80 valence electrons. The maximum absolute atomic E-state index is 10.4. The molecule has 1 saturated heterocycles. The molecule has 2 rings (SSSR count). The zero-order chi connectivity index (χ0) is 10.7. The number of nitrogens with zero attached hydrogens (tertiary/aromatic N) is 3. The molecule has 2 heterocycles. The molecule has 0 aromatic carbocycles. The predicted molar refractivity (Wildman–Crippen MR) is 61.6 cm³/mol. The zero-order valence-electron chi connectivity index (χ0n) is 8.59. The fourth-order valence-electron chi connectivity index (χ4n) is 1.57. The van der Waals surface area contributed by atoms with E-state index in [9.17, 15) is 4.79 Å². The van der Waals surface area contributed by atoms with E-state index in [1.807, 2.05) is 18.8 Å². The van der Waals surface area contributed by atoms with Crippen molar-refractivity contribution in [1.29, 1.82) is 0 Å². The van der Waals surface area contributed by atoms with E-state index in [0.717, 1.165) is 12.0 Å². The number of aromatic nitrogens is 2. The van der Waals surface area contributed by atoms with Crippen molar-refractivity contribution in [2.75, 3.05) is 23.5 Å². The Morgan fingerprint density at radius 1 is 1.53 bits per heavy atom. The summed E-state index contributed by atoms with van der Waals surface area (Å²) in [6, 6.07) is 0.525. The molecule has 0 bridgehead atoms. The van der Waals surface area contributed by atoms with Gasteiger partial charge in [-0.1, -0.05) is 0 Å². The van der Waals surface area contributed by atoms with Crippen molar-refractivity contribution in [1.82, 2.24) is 9.97 Å². The van der Waals surface area contributed by atoms with Gasteiger partial charge in [0, 0.05) is 31.2 Å². The van der Waals surface area contributed by atoms with Crippen LogP contribution in [0.25, 0.3) is 0 Å². The van der Waals surface area contributed by atoms with Crippen LogP contribution in [0.4, 0.5) is 5.95 Å². The summed E-state index contributed by atoms with van der Waals surface area (Å²) in [7, 11) is 2.01. The van der Waals surface area contributed by atoms with Gasteiger partial charge in [0.25, 0.3) is 0 Å². The molecule has 1 aliphatic rings. The number of aldehydes is 1. The van der Waals surface area contributed by atoms with E-state index in [1.54, 1.807) is 12.4 Å². The first-order valence-corrected chi connectivity index (χ1v) is 6.04. The summed E-state index contributed by atoms with van der Waals surface area (Å²) in [5.74, 6) is 3.05. The molecule has 1 aliphatic heterocycles. The van der Waals surface area contributed by atoms with E-state index in [-0.39, 0.29) is 0 Å². The monoisotopic (exact) mass is 223 g/mol. The quantitative estimate of drug-likeness (QED) is 0.721. The van der Waals surface area contributed by atoms with Crippen LogP contribution in [-0.2, 0) is 0 Å². The minimum absolute atomic E-state index is 0.521. The van der Waals surface area contributed by atoms with Crippen molar-refractivity contribution in [3.63, 3.8) is 0 Å². The number of rotatable bonds is 3. The Kier molecular flexibility index (Phi) is 3.20. The molecule has 1 aromatic heterocycles. The average Bonchev–Trinajstić information content (AvgIpc) is 2.82. The van der Waals surface area contributed by atoms with Crippen LogP contribution in [0.3, 0.4) is 0 Å². The van der Waals surface area contributed by atoms with Crippen LogP contribution < -0.4 is 4.90 Å². The Hall–Kier alpha value is -1.10. The van der Waals surface area contributed by atoms with Crippen molar-refractivity contribution >= 4 is 24.0 Å². The van der Waals surface area contributed by atoms with Crippen LogP contribution in [0.5, 0.6) is 0 Å². The van der Waals surface area contributed by atoms with E-state index in [2.05, 4.69) is 14.9 Å². The summed E-state index contributed by atoms with van der Waals surface area (Å²) in [6.07, 6.45) is 5.07. The highest BCUT2D eigenvalue weighted by Crippen LogP contribution is 2.23. The fourth-order valence-corrected chi connectivity index (χ4v) is 2.83. The molecule has 1 atom stereocenters. The summed E-state index contributed by atoms with van der Waals surface area (Å²) in [5, 5.41) is 0. The number of carbonyl (C=O) groups is 1. The van der Waals surface area contributed by atoms with Gasteiger partial charge in [0.1, 0.15) is 0 Å². The van der Waals surface area contributed by atoms with Crippen LogP contribution in [0.2, 0.25) is 0 Å². The van der Waals surface area contributed by atoms with E-state index < -0.39 is 0 Å². The molecule has 15 heavy (non-hydrogen) atoms. The lowest BCUT2D eigenvalue weighted by Crippen LogP contribution is -2.32. The number of hydrogen-bond acceptors (Lipinski definition) is 5. The Morgan fingerprint density at radius 3 is 2.80 bits per heavy atom. The highest BCUT2D eigenvalue weighted by Gasteiger charge is 2.21. The normalized spacial score (nSPS) is 20.2. The van der Waals surface area contributed by atoms with Crippen LogP contribution in [0.15, 0.2) is 12.4 Å². The maximum atomic E-state index is 10.4. The van der Waals surface area contributed by atoms with Gasteiger partial charge in [0.15, 0.2) is 6.29 Å². The largest absolute Gasteiger partial charge is 0.340 e. The summed E-state index contributed by atoms with van der Waals surface area (Å²) >= 11 is 1.96. The number of hydrogen-bond donors (Lipinski definition) is 0. The van der Waals surface area contributed by atoms with Gasteiger partial charge < -0.3 is 4.90 Å². The number of anilines is 1. The van der Waals surface area contributed by atoms with Gasteiger partial charge in [-0.2, -0.15) is 11.8 Å². The minimum Gasteiger partial charge on any atom is -0.340 e. The molecular formula is C10H13N3OS.